The third-order valence-electron chi connectivity index (χ3n) is 2.82. The van der Waals surface area contributed by atoms with E-state index in [0.29, 0.717) is 19.6 Å². The molecule has 0 aromatic rings. The van der Waals surface area contributed by atoms with Gasteiger partial charge in [-0.3, -0.25) is 4.90 Å². The van der Waals surface area contributed by atoms with Crippen molar-refractivity contribution in [2.45, 2.75) is 24.4 Å². The molecule has 0 aliphatic rings. The van der Waals surface area contributed by atoms with Gasteiger partial charge in [0.2, 0.25) is 0 Å². The molecular weight excluding hydrogens is 300 g/mol. The van der Waals surface area contributed by atoms with Crippen molar-refractivity contribution < 1.29 is 40.9 Å². The summed E-state index contributed by atoms with van der Waals surface area (Å²) in [6.45, 7) is 0.843. The molecular formula is C12H30N2O8. The summed E-state index contributed by atoms with van der Waals surface area (Å²) in [5, 5.41) is 69.6. The molecule has 10 nitrogen and oxygen atoms in total. The van der Waals surface area contributed by atoms with Crippen LogP contribution < -0.4 is 5.73 Å². The lowest BCUT2D eigenvalue weighted by molar-refractivity contribution is -0.112. The number of aliphatic hydroxyl groups is 8. The molecule has 0 saturated heterocycles. The van der Waals surface area contributed by atoms with Gasteiger partial charge < -0.3 is 46.6 Å². The summed E-state index contributed by atoms with van der Waals surface area (Å²) in [4.78, 5) is 1.79. The summed E-state index contributed by atoms with van der Waals surface area (Å²) < 4.78 is 0. The van der Waals surface area contributed by atoms with Gasteiger partial charge in [-0.05, 0) is 0 Å². The SMILES string of the molecule is NCC(O)C(O)C(O)C(O)CO.OCCN(CCO)CCO. The third-order valence-corrected chi connectivity index (χ3v) is 2.82. The van der Waals surface area contributed by atoms with E-state index in [1.807, 2.05) is 0 Å². The Morgan fingerprint density at radius 3 is 1.32 bits per heavy atom. The molecule has 0 saturated carbocycles. The second kappa shape index (κ2) is 15.5. The molecule has 0 amide bonds. The molecule has 0 radical (unpaired) electrons. The summed E-state index contributed by atoms with van der Waals surface area (Å²) in [5.41, 5.74) is 4.99. The van der Waals surface area contributed by atoms with Crippen molar-refractivity contribution in [3.8, 4) is 0 Å². The van der Waals surface area contributed by atoms with Gasteiger partial charge in [-0.25, -0.2) is 0 Å². The van der Waals surface area contributed by atoms with Crippen molar-refractivity contribution in [2.75, 3.05) is 52.6 Å². The van der Waals surface area contributed by atoms with Crippen LogP contribution in [0.15, 0.2) is 0 Å². The molecule has 136 valence electrons. The predicted octanol–water partition coefficient (Wildman–Crippen LogP) is -5.35. The van der Waals surface area contributed by atoms with Gasteiger partial charge in [-0.2, -0.15) is 0 Å². The Hall–Kier alpha value is -0.400. The summed E-state index contributed by atoms with van der Waals surface area (Å²) in [6, 6.07) is 0. The number of nitrogens with zero attached hydrogens (tertiary/aromatic N) is 1. The molecule has 0 spiro atoms. The van der Waals surface area contributed by atoms with E-state index in [2.05, 4.69) is 0 Å². The Balaban J connectivity index is 0. The Labute approximate surface area is 129 Å². The molecule has 22 heavy (non-hydrogen) atoms. The van der Waals surface area contributed by atoms with E-state index in [1.54, 1.807) is 4.90 Å². The van der Waals surface area contributed by atoms with Crippen molar-refractivity contribution >= 4 is 0 Å². The van der Waals surface area contributed by atoms with E-state index in [4.69, 9.17) is 46.6 Å². The molecule has 10 heteroatoms. The van der Waals surface area contributed by atoms with E-state index >= 15 is 0 Å². The van der Waals surface area contributed by atoms with Crippen LogP contribution in [0.4, 0.5) is 0 Å². The highest BCUT2D eigenvalue weighted by Crippen LogP contribution is 2.03. The van der Waals surface area contributed by atoms with Gasteiger partial charge in [0, 0.05) is 26.2 Å². The van der Waals surface area contributed by atoms with Gasteiger partial charge in [0.1, 0.15) is 18.3 Å². The van der Waals surface area contributed by atoms with Crippen LogP contribution in [0.1, 0.15) is 0 Å². The van der Waals surface area contributed by atoms with Crippen LogP contribution in [0.5, 0.6) is 0 Å². The van der Waals surface area contributed by atoms with Crippen molar-refractivity contribution in [1.29, 1.82) is 0 Å². The van der Waals surface area contributed by atoms with Gasteiger partial charge in [0.05, 0.1) is 32.5 Å². The van der Waals surface area contributed by atoms with E-state index in [-0.39, 0.29) is 26.4 Å². The highest BCUT2D eigenvalue weighted by molar-refractivity contribution is 4.80. The number of aliphatic hydroxyl groups excluding tert-OH is 8. The first-order valence-electron chi connectivity index (χ1n) is 6.97. The lowest BCUT2D eigenvalue weighted by Gasteiger charge is -2.24. The zero-order valence-corrected chi connectivity index (χ0v) is 12.6. The lowest BCUT2D eigenvalue weighted by atomic mass is 10.0. The molecule has 0 bridgehead atoms. The molecule has 0 aromatic heterocycles. The summed E-state index contributed by atoms with van der Waals surface area (Å²) in [6.07, 6.45) is -5.91. The highest BCUT2D eigenvalue weighted by atomic mass is 16.4. The number of rotatable bonds is 11. The second-order valence-corrected chi connectivity index (χ2v) is 4.55. The smallest absolute Gasteiger partial charge is 0.111 e. The van der Waals surface area contributed by atoms with Crippen LogP contribution in [0.25, 0.3) is 0 Å². The molecule has 0 heterocycles. The Kier molecular flexibility index (Phi) is 16.8. The fourth-order valence-electron chi connectivity index (χ4n) is 1.46. The lowest BCUT2D eigenvalue weighted by Crippen LogP contribution is -2.48. The zero-order valence-electron chi connectivity index (χ0n) is 12.6. The average Bonchev–Trinajstić information content (AvgIpc) is 2.53. The first kappa shape index (κ1) is 23.9. The molecule has 0 aliphatic heterocycles. The molecule has 10 N–H and O–H groups in total. The Morgan fingerprint density at radius 2 is 1.05 bits per heavy atom. The summed E-state index contributed by atoms with van der Waals surface area (Å²) in [5.74, 6) is 0. The van der Waals surface area contributed by atoms with Crippen molar-refractivity contribution in [2.24, 2.45) is 5.73 Å². The highest BCUT2D eigenvalue weighted by Gasteiger charge is 2.28. The monoisotopic (exact) mass is 330 g/mol. The van der Waals surface area contributed by atoms with Crippen LogP contribution in [-0.4, -0.2) is 123 Å². The minimum Gasteiger partial charge on any atom is -0.395 e. The van der Waals surface area contributed by atoms with Gasteiger partial charge in [-0.1, -0.05) is 0 Å². The summed E-state index contributed by atoms with van der Waals surface area (Å²) >= 11 is 0. The van der Waals surface area contributed by atoms with E-state index in [1.165, 1.54) is 0 Å². The van der Waals surface area contributed by atoms with Crippen LogP contribution >= 0.6 is 0 Å². The molecule has 4 atom stereocenters. The second-order valence-electron chi connectivity index (χ2n) is 4.55. The normalized spacial score (nSPS) is 16.6. The van der Waals surface area contributed by atoms with E-state index in [9.17, 15) is 0 Å². The zero-order chi connectivity index (χ0) is 17.5. The van der Waals surface area contributed by atoms with Gasteiger partial charge in [0.15, 0.2) is 0 Å². The summed E-state index contributed by atoms with van der Waals surface area (Å²) in [7, 11) is 0. The number of hydrogen-bond acceptors (Lipinski definition) is 10. The predicted molar refractivity (Wildman–Crippen MR) is 77.9 cm³/mol. The van der Waals surface area contributed by atoms with Gasteiger partial charge in [0.25, 0.3) is 0 Å². The minimum atomic E-state index is -1.59. The van der Waals surface area contributed by atoms with Crippen molar-refractivity contribution in [3.05, 3.63) is 0 Å². The molecule has 4 unspecified atom stereocenters. The first-order valence-corrected chi connectivity index (χ1v) is 6.97. The topological polar surface area (TPSA) is 191 Å². The minimum absolute atomic E-state index is 0.0694. The number of hydrogen-bond donors (Lipinski definition) is 9. The molecule has 0 aromatic carbocycles. The van der Waals surface area contributed by atoms with Gasteiger partial charge in [-0.15, -0.1) is 0 Å². The maximum absolute atomic E-state index is 9.04. The Morgan fingerprint density at radius 1 is 0.682 bits per heavy atom. The molecule has 0 aliphatic carbocycles. The fourth-order valence-corrected chi connectivity index (χ4v) is 1.46. The van der Waals surface area contributed by atoms with Crippen LogP contribution in [0, 0.1) is 0 Å². The van der Waals surface area contributed by atoms with Crippen LogP contribution in [0.3, 0.4) is 0 Å². The van der Waals surface area contributed by atoms with Crippen LogP contribution in [-0.2, 0) is 0 Å². The van der Waals surface area contributed by atoms with Crippen molar-refractivity contribution in [3.63, 3.8) is 0 Å². The average molecular weight is 330 g/mol. The van der Waals surface area contributed by atoms with E-state index < -0.39 is 31.0 Å². The molecule has 0 fully saturated rings. The first-order chi connectivity index (χ1) is 10.4. The van der Waals surface area contributed by atoms with Crippen molar-refractivity contribution in [1.82, 2.24) is 4.90 Å². The van der Waals surface area contributed by atoms with Gasteiger partial charge >= 0.3 is 0 Å². The quantitative estimate of drug-likeness (QED) is 0.177. The number of nitrogens with two attached hydrogens (primary N) is 1. The van der Waals surface area contributed by atoms with Crippen LogP contribution in [0.2, 0.25) is 0 Å². The fraction of sp³-hybridized carbons (Fsp3) is 1.00. The largest absolute Gasteiger partial charge is 0.395 e. The Bertz CT molecular complexity index is 209. The maximum atomic E-state index is 9.04. The standard InChI is InChI=1S/C6H15NO5.C6H15NO3/c7-1-3(9)5(11)6(12)4(10)2-8;8-4-1-7(2-5-9)3-6-10/h3-6,8-12H,1-2,7H2;8-10H,1-6H2. The maximum Gasteiger partial charge on any atom is 0.111 e. The third kappa shape index (κ3) is 11.2. The van der Waals surface area contributed by atoms with E-state index in [0.717, 1.165) is 0 Å². The molecule has 0 rings (SSSR count).